The molecule has 15 heavy (non-hydrogen) atoms. The van der Waals surface area contributed by atoms with Crippen molar-refractivity contribution in [2.75, 3.05) is 5.73 Å². The maximum absolute atomic E-state index is 5.87. The van der Waals surface area contributed by atoms with Crippen molar-refractivity contribution in [3.63, 3.8) is 0 Å². The van der Waals surface area contributed by atoms with Gasteiger partial charge in [-0.3, -0.25) is 0 Å². The second-order valence-corrected chi connectivity index (χ2v) is 3.12. The topological polar surface area (TPSA) is 84.9 Å². The predicted molar refractivity (Wildman–Crippen MR) is 55.0 cm³/mol. The van der Waals surface area contributed by atoms with Crippen LogP contribution < -0.4 is 5.73 Å². The van der Waals surface area contributed by atoms with Crippen LogP contribution in [0.4, 0.5) is 5.69 Å². The summed E-state index contributed by atoms with van der Waals surface area (Å²) in [6, 6.07) is 3.82. The van der Waals surface area contributed by atoms with Crippen LogP contribution in [0.3, 0.4) is 0 Å². The Labute approximate surface area is 84.8 Å². The van der Waals surface area contributed by atoms with Crippen molar-refractivity contribution in [1.29, 1.82) is 0 Å². The molecule has 3 N–H and O–H groups in total. The van der Waals surface area contributed by atoms with E-state index in [0.717, 1.165) is 11.4 Å². The van der Waals surface area contributed by atoms with Crippen molar-refractivity contribution in [3.8, 4) is 11.4 Å². The lowest BCUT2D eigenvalue weighted by Gasteiger charge is -2.04. The van der Waals surface area contributed by atoms with Crippen LogP contribution in [-0.2, 0) is 0 Å². The number of nitrogen functional groups attached to an aromatic ring is 1. The van der Waals surface area contributed by atoms with E-state index < -0.39 is 0 Å². The SMILES string of the molecule is Nc1cnc2ncnn2c1-c1ccc[nH]1. The van der Waals surface area contributed by atoms with Crippen molar-refractivity contribution in [3.05, 3.63) is 30.9 Å². The van der Waals surface area contributed by atoms with Crippen molar-refractivity contribution in [2.24, 2.45) is 0 Å². The molecule has 6 heteroatoms. The average molecular weight is 200 g/mol. The molecule has 0 atom stereocenters. The van der Waals surface area contributed by atoms with E-state index in [9.17, 15) is 0 Å². The molecule has 0 bridgehead atoms. The minimum Gasteiger partial charge on any atom is -0.396 e. The lowest BCUT2D eigenvalue weighted by atomic mass is 10.2. The first kappa shape index (κ1) is 7.98. The molecule has 0 fully saturated rings. The number of fused-ring (bicyclic) bond motifs is 1. The molecule has 0 aliphatic rings. The largest absolute Gasteiger partial charge is 0.396 e. The first-order chi connectivity index (χ1) is 7.36. The number of nitrogens with zero attached hydrogens (tertiary/aromatic N) is 4. The van der Waals surface area contributed by atoms with Gasteiger partial charge in [-0.15, -0.1) is 0 Å². The van der Waals surface area contributed by atoms with Crippen molar-refractivity contribution >= 4 is 11.5 Å². The van der Waals surface area contributed by atoms with E-state index in [2.05, 4.69) is 20.1 Å². The number of rotatable bonds is 1. The third-order valence-electron chi connectivity index (χ3n) is 2.19. The van der Waals surface area contributed by atoms with Crippen LogP contribution in [-0.4, -0.2) is 24.6 Å². The standard InChI is InChI=1S/C9H8N6/c10-6-4-12-9-13-5-14-15(9)8(6)7-2-1-3-11-7/h1-5,11H,10H2. The van der Waals surface area contributed by atoms with E-state index in [1.807, 2.05) is 18.3 Å². The zero-order valence-corrected chi connectivity index (χ0v) is 7.75. The Morgan fingerprint density at radius 1 is 1.33 bits per heavy atom. The number of nitrogens with one attached hydrogen (secondary N) is 1. The number of hydrogen-bond acceptors (Lipinski definition) is 4. The first-order valence-corrected chi connectivity index (χ1v) is 4.44. The van der Waals surface area contributed by atoms with E-state index in [1.165, 1.54) is 6.33 Å². The molecule has 3 heterocycles. The van der Waals surface area contributed by atoms with Crippen LogP contribution in [0, 0.1) is 0 Å². The van der Waals surface area contributed by atoms with E-state index >= 15 is 0 Å². The van der Waals surface area contributed by atoms with Crippen LogP contribution in [0.2, 0.25) is 0 Å². The molecule has 6 nitrogen and oxygen atoms in total. The molecule has 0 saturated carbocycles. The van der Waals surface area contributed by atoms with Crippen molar-refractivity contribution in [1.82, 2.24) is 24.6 Å². The molecule has 0 amide bonds. The minimum atomic E-state index is 0.536. The summed E-state index contributed by atoms with van der Waals surface area (Å²) >= 11 is 0. The zero-order chi connectivity index (χ0) is 10.3. The molecule has 3 aromatic heterocycles. The summed E-state index contributed by atoms with van der Waals surface area (Å²) in [7, 11) is 0. The Morgan fingerprint density at radius 3 is 3.07 bits per heavy atom. The first-order valence-electron chi connectivity index (χ1n) is 4.44. The summed E-state index contributed by atoms with van der Waals surface area (Å²) in [5.74, 6) is 0.536. The fourth-order valence-corrected chi connectivity index (χ4v) is 1.54. The van der Waals surface area contributed by atoms with E-state index in [4.69, 9.17) is 5.73 Å². The molecule has 3 rings (SSSR count). The van der Waals surface area contributed by atoms with E-state index in [-0.39, 0.29) is 0 Å². The smallest absolute Gasteiger partial charge is 0.252 e. The van der Waals surface area contributed by atoms with Gasteiger partial charge in [0.2, 0.25) is 0 Å². The van der Waals surface area contributed by atoms with Gasteiger partial charge in [0.25, 0.3) is 5.78 Å². The van der Waals surface area contributed by atoms with Crippen LogP contribution in [0.1, 0.15) is 0 Å². The average Bonchev–Trinajstić information content (AvgIpc) is 2.85. The number of nitrogens with two attached hydrogens (primary N) is 1. The zero-order valence-electron chi connectivity index (χ0n) is 7.75. The number of hydrogen-bond donors (Lipinski definition) is 2. The summed E-state index contributed by atoms with van der Waals surface area (Å²) < 4.78 is 1.61. The highest BCUT2D eigenvalue weighted by Gasteiger charge is 2.10. The Bertz CT molecular complexity index is 594. The van der Waals surface area contributed by atoms with Crippen LogP contribution >= 0.6 is 0 Å². The molecule has 0 aromatic carbocycles. The maximum atomic E-state index is 5.87. The summed E-state index contributed by atoms with van der Waals surface area (Å²) in [5, 5.41) is 4.08. The Morgan fingerprint density at radius 2 is 2.27 bits per heavy atom. The van der Waals surface area contributed by atoms with Gasteiger partial charge in [0.05, 0.1) is 17.6 Å². The second kappa shape index (κ2) is 2.81. The molecule has 0 saturated heterocycles. The summed E-state index contributed by atoms with van der Waals surface area (Å²) in [6.45, 7) is 0. The Kier molecular flexibility index (Phi) is 1.49. The second-order valence-electron chi connectivity index (χ2n) is 3.12. The highest BCUT2D eigenvalue weighted by Crippen LogP contribution is 2.22. The molecule has 0 aliphatic carbocycles. The molecule has 0 unspecified atom stereocenters. The summed E-state index contributed by atoms with van der Waals surface area (Å²) in [6.07, 6.45) is 4.87. The number of aromatic amines is 1. The monoisotopic (exact) mass is 200 g/mol. The molecule has 0 aliphatic heterocycles. The van der Waals surface area contributed by atoms with Gasteiger partial charge < -0.3 is 10.7 Å². The third kappa shape index (κ3) is 1.08. The van der Waals surface area contributed by atoms with Crippen molar-refractivity contribution < 1.29 is 0 Å². The lowest BCUT2D eigenvalue weighted by molar-refractivity contribution is 0.946. The number of anilines is 1. The Balaban J connectivity index is 2.41. The maximum Gasteiger partial charge on any atom is 0.252 e. The molecule has 74 valence electrons. The quantitative estimate of drug-likeness (QED) is 0.605. The molecule has 3 aromatic rings. The van der Waals surface area contributed by atoms with Gasteiger partial charge in [-0.05, 0) is 12.1 Å². The van der Waals surface area contributed by atoms with Crippen LogP contribution in [0.5, 0.6) is 0 Å². The van der Waals surface area contributed by atoms with Crippen molar-refractivity contribution in [2.45, 2.75) is 0 Å². The fraction of sp³-hybridized carbons (Fsp3) is 0. The van der Waals surface area contributed by atoms with Gasteiger partial charge in [0.15, 0.2) is 0 Å². The van der Waals surface area contributed by atoms with Gasteiger partial charge in [-0.25, -0.2) is 4.98 Å². The molecule has 0 spiro atoms. The molecule has 0 radical (unpaired) electrons. The van der Waals surface area contributed by atoms with Gasteiger partial charge in [-0.2, -0.15) is 14.6 Å². The third-order valence-corrected chi connectivity index (χ3v) is 2.19. The van der Waals surface area contributed by atoms with Gasteiger partial charge in [0, 0.05) is 6.20 Å². The van der Waals surface area contributed by atoms with E-state index in [0.29, 0.717) is 11.5 Å². The van der Waals surface area contributed by atoms with E-state index in [1.54, 1.807) is 10.7 Å². The normalized spacial score (nSPS) is 10.9. The predicted octanol–water partition coefficient (Wildman–Crippen LogP) is 0.702. The van der Waals surface area contributed by atoms with Gasteiger partial charge in [0.1, 0.15) is 12.0 Å². The lowest BCUT2D eigenvalue weighted by Crippen LogP contribution is -2.01. The fourth-order valence-electron chi connectivity index (χ4n) is 1.54. The van der Waals surface area contributed by atoms with Crippen LogP contribution in [0.25, 0.3) is 17.2 Å². The summed E-state index contributed by atoms with van der Waals surface area (Å²) in [4.78, 5) is 11.1. The number of H-pyrrole nitrogens is 1. The van der Waals surface area contributed by atoms with Gasteiger partial charge >= 0.3 is 0 Å². The highest BCUT2D eigenvalue weighted by molar-refractivity contribution is 5.71. The van der Waals surface area contributed by atoms with Crippen LogP contribution in [0.15, 0.2) is 30.9 Å². The highest BCUT2D eigenvalue weighted by atomic mass is 15.3. The Hall–Kier alpha value is -2.37. The van der Waals surface area contributed by atoms with Gasteiger partial charge in [-0.1, -0.05) is 0 Å². The molecular weight excluding hydrogens is 192 g/mol. The minimum absolute atomic E-state index is 0.536. The summed E-state index contributed by atoms with van der Waals surface area (Å²) in [5.41, 5.74) is 8.11. The number of aromatic nitrogens is 5. The molecular formula is C9H8N6.